The monoisotopic (exact) mass is 349 g/mol. The van der Waals surface area contributed by atoms with Crippen molar-refractivity contribution in [2.75, 3.05) is 12.4 Å². The number of amidine groups is 1. The molecule has 1 aromatic carbocycles. The minimum Gasteiger partial charge on any atom is -0.493 e. The SMILES string of the molecule is CCCCOc1c(C=NN=C2NC(=O)CS2)cc(C)cc1B(O)O. The van der Waals surface area contributed by atoms with Crippen LogP contribution >= 0.6 is 11.8 Å². The van der Waals surface area contributed by atoms with Gasteiger partial charge in [0.05, 0.1) is 18.6 Å². The van der Waals surface area contributed by atoms with E-state index in [4.69, 9.17) is 4.74 Å². The number of aryl methyl sites for hydroxylation is 1. The van der Waals surface area contributed by atoms with Crippen molar-refractivity contribution in [1.29, 1.82) is 0 Å². The Morgan fingerprint density at radius 2 is 2.25 bits per heavy atom. The fourth-order valence-corrected chi connectivity index (χ4v) is 2.76. The molecule has 1 aliphatic heterocycles. The largest absolute Gasteiger partial charge is 0.493 e. The lowest BCUT2D eigenvalue weighted by molar-refractivity contribution is -0.116. The molecular formula is C15H20BN3O4S. The Kier molecular flexibility index (Phi) is 6.83. The van der Waals surface area contributed by atoms with Gasteiger partial charge in [-0.15, -0.1) is 5.10 Å². The Labute approximate surface area is 145 Å². The molecule has 0 bridgehead atoms. The first-order valence-electron chi connectivity index (χ1n) is 7.68. The maximum Gasteiger partial charge on any atom is 0.492 e. The van der Waals surface area contributed by atoms with Crippen LogP contribution in [0.1, 0.15) is 30.9 Å². The van der Waals surface area contributed by atoms with Crippen LogP contribution in [0.5, 0.6) is 5.75 Å². The molecule has 7 nitrogen and oxygen atoms in total. The Hall–Kier alpha value is -1.84. The predicted molar refractivity (Wildman–Crippen MR) is 97.0 cm³/mol. The molecule has 9 heteroatoms. The smallest absolute Gasteiger partial charge is 0.492 e. The fourth-order valence-electron chi connectivity index (χ4n) is 2.13. The summed E-state index contributed by atoms with van der Waals surface area (Å²) < 4.78 is 5.73. The van der Waals surface area contributed by atoms with Crippen LogP contribution in [0.2, 0.25) is 0 Å². The molecule has 1 amide bonds. The second-order valence-electron chi connectivity index (χ2n) is 5.33. The summed E-state index contributed by atoms with van der Waals surface area (Å²) in [7, 11) is -1.63. The Morgan fingerprint density at radius 3 is 2.88 bits per heavy atom. The Balaban J connectivity index is 2.27. The zero-order valence-corrected chi connectivity index (χ0v) is 14.5. The van der Waals surface area contributed by atoms with E-state index in [9.17, 15) is 14.8 Å². The number of thioether (sulfide) groups is 1. The molecule has 0 spiro atoms. The highest BCUT2D eigenvalue weighted by atomic mass is 32.2. The zero-order chi connectivity index (χ0) is 17.5. The van der Waals surface area contributed by atoms with E-state index < -0.39 is 7.12 Å². The van der Waals surface area contributed by atoms with Crippen molar-refractivity contribution in [3.05, 3.63) is 23.3 Å². The average Bonchev–Trinajstić information content (AvgIpc) is 2.94. The molecule has 1 fully saturated rings. The van der Waals surface area contributed by atoms with Crippen LogP contribution in [-0.4, -0.2) is 46.8 Å². The molecule has 0 radical (unpaired) electrons. The number of ether oxygens (including phenoxy) is 1. The highest BCUT2D eigenvalue weighted by molar-refractivity contribution is 8.15. The normalized spacial score (nSPS) is 16.0. The highest BCUT2D eigenvalue weighted by Gasteiger charge is 2.21. The molecule has 0 aliphatic carbocycles. The van der Waals surface area contributed by atoms with E-state index in [0.29, 0.717) is 34.3 Å². The van der Waals surface area contributed by atoms with Gasteiger partial charge < -0.3 is 20.1 Å². The molecule has 24 heavy (non-hydrogen) atoms. The molecule has 128 valence electrons. The maximum atomic E-state index is 11.1. The maximum absolute atomic E-state index is 11.1. The van der Waals surface area contributed by atoms with Gasteiger partial charge in [0.1, 0.15) is 5.75 Å². The summed E-state index contributed by atoms with van der Waals surface area (Å²) >= 11 is 1.28. The first-order chi connectivity index (χ1) is 11.5. The summed E-state index contributed by atoms with van der Waals surface area (Å²) in [6, 6.07) is 3.50. The van der Waals surface area contributed by atoms with Crippen molar-refractivity contribution in [2.24, 2.45) is 10.2 Å². The van der Waals surface area contributed by atoms with Crippen molar-refractivity contribution >= 4 is 41.6 Å². The average molecular weight is 349 g/mol. The third-order valence-corrected chi connectivity index (χ3v) is 4.11. The van der Waals surface area contributed by atoms with Crippen molar-refractivity contribution in [3.8, 4) is 5.75 Å². The highest BCUT2D eigenvalue weighted by Crippen LogP contribution is 2.18. The van der Waals surface area contributed by atoms with Gasteiger partial charge in [0.2, 0.25) is 5.91 Å². The van der Waals surface area contributed by atoms with Crippen LogP contribution in [0.25, 0.3) is 0 Å². The molecular weight excluding hydrogens is 329 g/mol. The molecule has 0 atom stereocenters. The van der Waals surface area contributed by atoms with Gasteiger partial charge in [-0.25, -0.2) is 0 Å². The van der Waals surface area contributed by atoms with E-state index in [0.717, 1.165) is 18.4 Å². The molecule has 1 aliphatic rings. The number of hydrogen-bond donors (Lipinski definition) is 3. The summed E-state index contributed by atoms with van der Waals surface area (Å²) in [6.45, 7) is 4.37. The van der Waals surface area contributed by atoms with E-state index in [1.54, 1.807) is 6.07 Å². The van der Waals surface area contributed by atoms with E-state index in [1.165, 1.54) is 18.0 Å². The number of carbonyl (C=O) groups is 1. The second-order valence-corrected chi connectivity index (χ2v) is 6.30. The summed E-state index contributed by atoms with van der Waals surface area (Å²) in [5.74, 6) is 0.625. The summed E-state index contributed by atoms with van der Waals surface area (Å²) in [5.41, 5.74) is 1.75. The van der Waals surface area contributed by atoms with Gasteiger partial charge in [0.15, 0.2) is 5.17 Å². The minimum atomic E-state index is -1.63. The molecule has 0 saturated carbocycles. The Bertz CT molecular complexity index is 664. The molecule has 1 saturated heterocycles. The lowest BCUT2D eigenvalue weighted by Gasteiger charge is -2.14. The molecule has 1 aromatic rings. The van der Waals surface area contributed by atoms with Crippen LogP contribution in [-0.2, 0) is 4.79 Å². The van der Waals surface area contributed by atoms with Gasteiger partial charge in [-0.1, -0.05) is 36.7 Å². The summed E-state index contributed by atoms with van der Waals surface area (Å²) in [5, 5.41) is 30.1. The van der Waals surface area contributed by atoms with Crippen molar-refractivity contribution in [3.63, 3.8) is 0 Å². The van der Waals surface area contributed by atoms with Crippen LogP contribution < -0.4 is 15.5 Å². The predicted octanol–water partition coefficient (Wildman–Crippen LogP) is 0.407. The summed E-state index contributed by atoms with van der Waals surface area (Å²) in [4.78, 5) is 11.1. The number of nitrogens with one attached hydrogen (secondary N) is 1. The first-order valence-corrected chi connectivity index (χ1v) is 8.67. The standard InChI is InChI=1S/C15H20BN3O4S/c1-3-4-5-23-14-11(6-10(2)7-12(14)16(21)22)8-17-19-15-18-13(20)9-24-15/h6-8,21-22H,3-5,9H2,1-2H3,(H,18,19,20). The lowest BCUT2D eigenvalue weighted by atomic mass is 9.77. The third-order valence-electron chi connectivity index (χ3n) is 3.24. The molecule has 0 aromatic heterocycles. The van der Waals surface area contributed by atoms with E-state index in [1.807, 2.05) is 19.9 Å². The first kappa shape index (κ1) is 18.5. The van der Waals surface area contributed by atoms with Crippen LogP contribution in [0.3, 0.4) is 0 Å². The van der Waals surface area contributed by atoms with Gasteiger partial charge in [-0.2, -0.15) is 5.10 Å². The van der Waals surface area contributed by atoms with E-state index in [2.05, 4.69) is 15.5 Å². The van der Waals surface area contributed by atoms with Crippen LogP contribution in [0.15, 0.2) is 22.3 Å². The molecule has 1 heterocycles. The van der Waals surface area contributed by atoms with Gasteiger partial charge in [0, 0.05) is 11.0 Å². The molecule has 2 rings (SSSR count). The number of carbonyl (C=O) groups excluding carboxylic acids is 1. The molecule has 3 N–H and O–H groups in total. The van der Waals surface area contributed by atoms with Gasteiger partial charge >= 0.3 is 7.12 Å². The van der Waals surface area contributed by atoms with Crippen LogP contribution in [0, 0.1) is 6.92 Å². The Morgan fingerprint density at radius 1 is 1.46 bits per heavy atom. The van der Waals surface area contributed by atoms with Crippen molar-refractivity contribution in [2.45, 2.75) is 26.7 Å². The van der Waals surface area contributed by atoms with Gasteiger partial charge in [0.25, 0.3) is 0 Å². The van der Waals surface area contributed by atoms with Crippen molar-refractivity contribution < 1.29 is 19.6 Å². The quantitative estimate of drug-likeness (QED) is 0.286. The topological polar surface area (TPSA) is 104 Å². The van der Waals surface area contributed by atoms with Crippen LogP contribution in [0.4, 0.5) is 0 Å². The lowest BCUT2D eigenvalue weighted by Crippen LogP contribution is -2.32. The second kappa shape index (κ2) is 8.86. The number of unbranched alkanes of at least 4 members (excludes halogenated alkanes) is 1. The number of hydrogen-bond acceptors (Lipinski definition) is 7. The van der Waals surface area contributed by atoms with Crippen molar-refractivity contribution in [1.82, 2.24) is 5.32 Å². The van der Waals surface area contributed by atoms with E-state index >= 15 is 0 Å². The number of benzene rings is 1. The number of nitrogens with zero attached hydrogens (tertiary/aromatic N) is 2. The molecule has 0 unspecified atom stereocenters. The minimum absolute atomic E-state index is 0.0983. The van der Waals surface area contributed by atoms with E-state index in [-0.39, 0.29) is 5.91 Å². The number of amides is 1. The van der Waals surface area contributed by atoms with Gasteiger partial charge in [-0.3, -0.25) is 4.79 Å². The fraction of sp³-hybridized carbons (Fsp3) is 0.400. The summed E-state index contributed by atoms with van der Waals surface area (Å²) in [6.07, 6.45) is 3.31. The number of rotatable bonds is 7. The van der Waals surface area contributed by atoms with Gasteiger partial charge in [-0.05, 0) is 19.4 Å². The third kappa shape index (κ3) is 5.08. The zero-order valence-electron chi connectivity index (χ0n) is 13.7.